The minimum atomic E-state index is -0.109. The Kier molecular flexibility index (Phi) is 5.59. The summed E-state index contributed by atoms with van der Waals surface area (Å²) in [5.74, 6) is -0.0630. The number of aromatic nitrogens is 1. The van der Waals surface area contributed by atoms with Crippen molar-refractivity contribution in [2.45, 2.75) is 25.8 Å². The maximum absolute atomic E-state index is 12.6. The number of carbonyl (C=O) groups is 2. The fourth-order valence-corrected chi connectivity index (χ4v) is 4.74. The number of rotatable bonds is 3. The van der Waals surface area contributed by atoms with Gasteiger partial charge in [0.2, 0.25) is 5.91 Å². The second-order valence-corrected chi connectivity index (χ2v) is 8.51. The number of urea groups is 1. The average Bonchev–Trinajstić information content (AvgIpc) is 3.10. The van der Waals surface area contributed by atoms with Gasteiger partial charge in [0.15, 0.2) is 5.13 Å². The zero-order valence-corrected chi connectivity index (χ0v) is 16.8. The predicted octanol–water partition coefficient (Wildman–Crippen LogP) is 3.01. The topological polar surface area (TPSA) is 77.6 Å². The monoisotopic (exact) mass is 399 g/mol. The molecule has 28 heavy (non-hydrogen) atoms. The number of thiazole rings is 1. The Morgan fingerprint density at radius 3 is 2.61 bits per heavy atom. The fourth-order valence-electron chi connectivity index (χ4n) is 3.65. The van der Waals surface area contributed by atoms with Crippen LogP contribution in [0.3, 0.4) is 0 Å². The molecule has 1 aromatic heterocycles. The van der Waals surface area contributed by atoms with Crippen molar-refractivity contribution < 1.29 is 9.59 Å². The molecular formula is C20H25N5O2S. The Morgan fingerprint density at radius 2 is 1.86 bits per heavy atom. The van der Waals surface area contributed by atoms with Crippen molar-refractivity contribution in [2.24, 2.45) is 5.92 Å². The maximum Gasteiger partial charge on any atom is 0.321 e. The number of likely N-dealkylation sites (tertiary alicyclic amines) is 1. The van der Waals surface area contributed by atoms with E-state index in [1.54, 1.807) is 16.2 Å². The molecular weight excluding hydrogens is 374 g/mol. The summed E-state index contributed by atoms with van der Waals surface area (Å²) in [4.78, 5) is 34.9. The molecule has 0 aliphatic carbocycles. The summed E-state index contributed by atoms with van der Waals surface area (Å²) in [7, 11) is 2.10. The van der Waals surface area contributed by atoms with Gasteiger partial charge in [-0.2, -0.15) is 0 Å². The van der Waals surface area contributed by atoms with Crippen molar-refractivity contribution in [3.8, 4) is 0 Å². The van der Waals surface area contributed by atoms with E-state index >= 15 is 0 Å². The molecule has 7 nitrogen and oxygen atoms in total. The Hall–Kier alpha value is -2.45. The van der Waals surface area contributed by atoms with Gasteiger partial charge in [-0.05, 0) is 32.0 Å². The molecule has 8 heteroatoms. The van der Waals surface area contributed by atoms with E-state index in [1.165, 1.54) is 4.88 Å². The molecule has 2 aliphatic rings. The summed E-state index contributed by atoms with van der Waals surface area (Å²) in [6, 6.07) is 9.31. The number of benzene rings is 1. The van der Waals surface area contributed by atoms with E-state index < -0.39 is 0 Å². The molecule has 3 heterocycles. The first-order valence-corrected chi connectivity index (χ1v) is 10.5. The summed E-state index contributed by atoms with van der Waals surface area (Å²) in [6.45, 7) is 3.07. The summed E-state index contributed by atoms with van der Waals surface area (Å²) in [5, 5.41) is 6.60. The molecule has 148 valence electrons. The van der Waals surface area contributed by atoms with Gasteiger partial charge in [-0.1, -0.05) is 18.2 Å². The molecule has 0 saturated carbocycles. The van der Waals surface area contributed by atoms with Crippen LogP contribution in [0.2, 0.25) is 0 Å². The second kappa shape index (κ2) is 8.28. The lowest BCUT2D eigenvalue weighted by molar-refractivity contribution is -0.121. The van der Waals surface area contributed by atoms with E-state index in [1.807, 2.05) is 30.3 Å². The first-order chi connectivity index (χ1) is 13.6. The molecule has 3 amide bonds. The largest absolute Gasteiger partial charge is 0.324 e. The van der Waals surface area contributed by atoms with E-state index in [0.29, 0.717) is 31.1 Å². The van der Waals surface area contributed by atoms with Crippen LogP contribution in [0.4, 0.5) is 15.6 Å². The standard InChI is InChI=1S/C20H25N5O2S/c1-24-10-9-16-17(13-24)28-19(22-16)23-18(26)14-7-11-25(12-8-14)20(27)21-15-5-3-2-4-6-15/h2-6,14H,7-13H2,1H3,(H,21,27)(H,22,23,26). The highest BCUT2D eigenvalue weighted by atomic mass is 32.1. The Labute approximate surface area is 168 Å². The zero-order chi connectivity index (χ0) is 19.5. The second-order valence-electron chi connectivity index (χ2n) is 7.42. The van der Waals surface area contributed by atoms with E-state index in [2.05, 4.69) is 27.6 Å². The molecule has 2 aromatic rings. The number of fused-ring (bicyclic) bond motifs is 1. The lowest BCUT2D eigenvalue weighted by Crippen LogP contribution is -2.43. The molecule has 0 atom stereocenters. The number of hydrogen-bond acceptors (Lipinski definition) is 5. The number of carbonyl (C=O) groups excluding carboxylic acids is 2. The number of amides is 3. The minimum Gasteiger partial charge on any atom is -0.324 e. The lowest BCUT2D eigenvalue weighted by atomic mass is 9.96. The van der Waals surface area contributed by atoms with Crippen molar-refractivity contribution in [3.05, 3.63) is 40.9 Å². The average molecular weight is 400 g/mol. The molecule has 0 bridgehead atoms. The lowest BCUT2D eigenvalue weighted by Gasteiger charge is -2.31. The van der Waals surface area contributed by atoms with Crippen LogP contribution < -0.4 is 10.6 Å². The summed E-state index contributed by atoms with van der Waals surface area (Å²) in [5.41, 5.74) is 1.90. The number of nitrogens with one attached hydrogen (secondary N) is 2. The quantitative estimate of drug-likeness (QED) is 0.832. The first kappa shape index (κ1) is 18.9. The van der Waals surface area contributed by atoms with E-state index in [9.17, 15) is 9.59 Å². The smallest absolute Gasteiger partial charge is 0.321 e. The first-order valence-electron chi connectivity index (χ1n) is 9.67. The van der Waals surface area contributed by atoms with Gasteiger partial charge in [0.25, 0.3) is 0 Å². The van der Waals surface area contributed by atoms with Crippen LogP contribution in [0.15, 0.2) is 30.3 Å². The van der Waals surface area contributed by atoms with Gasteiger partial charge >= 0.3 is 6.03 Å². The number of nitrogens with zero attached hydrogens (tertiary/aromatic N) is 3. The molecule has 2 aliphatic heterocycles. The van der Waals surface area contributed by atoms with E-state index in [-0.39, 0.29) is 17.9 Å². The van der Waals surface area contributed by atoms with Crippen LogP contribution in [0.5, 0.6) is 0 Å². The Morgan fingerprint density at radius 1 is 1.11 bits per heavy atom. The molecule has 0 spiro atoms. The van der Waals surface area contributed by atoms with Gasteiger partial charge in [-0.15, -0.1) is 11.3 Å². The fraction of sp³-hybridized carbons (Fsp3) is 0.450. The molecule has 2 N–H and O–H groups in total. The van der Waals surface area contributed by atoms with Crippen molar-refractivity contribution in [3.63, 3.8) is 0 Å². The number of para-hydroxylation sites is 1. The molecule has 4 rings (SSSR count). The number of likely N-dealkylation sites (N-methyl/N-ethyl adjacent to an activating group) is 1. The molecule has 0 unspecified atom stereocenters. The highest BCUT2D eigenvalue weighted by Crippen LogP contribution is 2.29. The van der Waals surface area contributed by atoms with Crippen LogP contribution in [0.25, 0.3) is 0 Å². The predicted molar refractivity (Wildman–Crippen MR) is 111 cm³/mol. The van der Waals surface area contributed by atoms with Crippen molar-refractivity contribution in [1.82, 2.24) is 14.8 Å². The van der Waals surface area contributed by atoms with Crippen LogP contribution in [0.1, 0.15) is 23.4 Å². The Balaban J connectivity index is 1.28. The van der Waals surface area contributed by atoms with E-state index in [0.717, 1.165) is 30.9 Å². The van der Waals surface area contributed by atoms with E-state index in [4.69, 9.17) is 0 Å². The number of piperidine rings is 1. The van der Waals surface area contributed by atoms with Crippen LogP contribution >= 0.6 is 11.3 Å². The van der Waals surface area contributed by atoms with Gasteiger partial charge in [0, 0.05) is 49.1 Å². The molecule has 1 fully saturated rings. The normalized spacial score (nSPS) is 17.8. The van der Waals surface area contributed by atoms with Gasteiger partial charge in [0.05, 0.1) is 5.69 Å². The highest BCUT2D eigenvalue weighted by Gasteiger charge is 2.28. The SMILES string of the molecule is CN1CCc2nc(NC(=O)C3CCN(C(=O)Nc4ccccc4)CC3)sc2C1. The third-order valence-electron chi connectivity index (χ3n) is 5.33. The van der Waals surface area contributed by atoms with Gasteiger partial charge < -0.3 is 20.4 Å². The highest BCUT2D eigenvalue weighted by molar-refractivity contribution is 7.15. The van der Waals surface area contributed by atoms with Crippen molar-refractivity contribution in [2.75, 3.05) is 37.3 Å². The Bertz CT molecular complexity index is 846. The van der Waals surface area contributed by atoms with Crippen LogP contribution in [-0.2, 0) is 17.8 Å². The number of anilines is 2. The van der Waals surface area contributed by atoms with Gasteiger partial charge in [0.1, 0.15) is 0 Å². The van der Waals surface area contributed by atoms with Gasteiger partial charge in [-0.25, -0.2) is 9.78 Å². The molecule has 1 saturated heterocycles. The van der Waals surface area contributed by atoms with Crippen LogP contribution in [0, 0.1) is 5.92 Å². The van der Waals surface area contributed by atoms with Crippen molar-refractivity contribution >= 4 is 34.1 Å². The molecule has 0 radical (unpaired) electrons. The zero-order valence-electron chi connectivity index (χ0n) is 16.0. The maximum atomic E-state index is 12.6. The third kappa shape index (κ3) is 4.34. The van der Waals surface area contributed by atoms with Crippen molar-refractivity contribution in [1.29, 1.82) is 0 Å². The van der Waals surface area contributed by atoms with Crippen LogP contribution in [-0.4, -0.2) is 53.4 Å². The minimum absolute atomic E-state index is 0.0163. The number of hydrogen-bond donors (Lipinski definition) is 2. The summed E-state index contributed by atoms with van der Waals surface area (Å²) >= 11 is 1.58. The summed E-state index contributed by atoms with van der Waals surface area (Å²) < 4.78 is 0. The molecule has 1 aromatic carbocycles. The third-order valence-corrected chi connectivity index (χ3v) is 6.33. The summed E-state index contributed by atoms with van der Waals surface area (Å²) in [6.07, 6.45) is 2.27. The van der Waals surface area contributed by atoms with Gasteiger partial charge in [-0.3, -0.25) is 4.79 Å².